The van der Waals surface area contributed by atoms with Crippen LogP contribution in [-0.4, -0.2) is 50.5 Å². The van der Waals surface area contributed by atoms with E-state index >= 15 is 0 Å². The first-order chi connectivity index (χ1) is 11.7. The van der Waals surface area contributed by atoms with E-state index in [4.69, 9.17) is 16.8 Å². The predicted molar refractivity (Wildman–Crippen MR) is 92.2 cm³/mol. The molecule has 1 aliphatic carbocycles. The van der Waals surface area contributed by atoms with Gasteiger partial charge < -0.3 is 5.32 Å². The summed E-state index contributed by atoms with van der Waals surface area (Å²) in [7, 11) is 0. The fourth-order valence-electron chi connectivity index (χ4n) is 3.42. The molecule has 1 saturated carbocycles. The van der Waals surface area contributed by atoms with Crippen molar-refractivity contribution in [1.82, 2.24) is 25.6 Å². The molecule has 0 bridgehead atoms. The maximum Gasteiger partial charge on any atom is 0.272 e. The predicted octanol–water partition coefficient (Wildman–Crippen LogP) is 2.10. The maximum atomic E-state index is 12.9. The second-order valence-electron chi connectivity index (χ2n) is 6.30. The van der Waals surface area contributed by atoms with Gasteiger partial charge in [-0.05, 0) is 60.0 Å². The fraction of sp³-hybridized carbons (Fsp3) is 0.500. The van der Waals surface area contributed by atoms with E-state index in [0.29, 0.717) is 34.3 Å². The molecule has 1 aliphatic heterocycles. The van der Waals surface area contributed by atoms with Crippen LogP contribution >= 0.6 is 12.2 Å². The van der Waals surface area contributed by atoms with Gasteiger partial charge in [0.1, 0.15) is 11.0 Å². The van der Waals surface area contributed by atoms with Crippen molar-refractivity contribution >= 4 is 34.3 Å². The Morgan fingerprint density at radius 3 is 2.71 bits per heavy atom. The molecule has 2 heterocycles. The molecule has 7 nitrogen and oxygen atoms in total. The van der Waals surface area contributed by atoms with Gasteiger partial charge >= 0.3 is 0 Å². The van der Waals surface area contributed by atoms with E-state index in [1.807, 2.05) is 5.01 Å². The highest BCUT2D eigenvalue weighted by Crippen LogP contribution is 2.21. The van der Waals surface area contributed by atoms with Gasteiger partial charge in [0.15, 0.2) is 5.11 Å². The SMILES string of the molecule is O=C(c1ccc2nonc2c1)N1CCCN1C(=S)NC1CCCC1. The molecule has 2 fully saturated rings. The second kappa shape index (κ2) is 6.35. The molecular weight excluding hydrogens is 326 g/mol. The largest absolute Gasteiger partial charge is 0.358 e. The van der Waals surface area contributed by atoms with Gasteiger partial charge in [0.05, 0.1) is 0 Å². The number of hydrogen-bond donors (Lipinski definition) is 1. The third-order valence-corrected chi connectivity index (χ3v) is 5.01. The van der Waals surface area contributed by atoms with Gasteiger partial charge in [0.2, 0.25) is 0 Å². The zero-order valence-electron chi connectivity index (χ0n) is 13.3. The van der Waals surface area contributed by atoms with Gasteiger partial charge in [-0.25, -0.2) is 9.64 Å². The number of carbonyl (C=O) groups is 1. The minimum absolute atomic E-state index is 0.0760. The molecular formula is C16H19N5O2S. The van der Waals surface area contributed by atoms with Crippen LogP contribution in [0.25, 0.3) is 11.0 Å². The Labute approximate surface area is 144 Å². The van der Waals surface area contributed by atoms with E-state index in [2.05, 4.69) is 15.6 Å². The summed E-state index contributed by atoms with van der Waals surface area (Å²) >= 11 is 5.54. The first kappa shape index (κ1) is 15.3. The summed E-state index contributed by atoms with van der Waals surface area (Å²) in [6, 6.07) is 5.64. The Kier molecular flexibility index (Phi) is 4.05. The molecule has 24 heavy (non-hydrogen) atoms. The van der Waals surface area contributed by atoms with Crippen LogP contribution in [0.4, 0.5) is 0 Å². The first-order valence-electron chi connectivity index (χ1n) is 8.34. The molecule has 1 amide bonds. The highest BCUT2D eigenvalue weighted by Gasteiger charge is 2.31. The summed E-state index contributed by atoms with van der Waals surface area (Å²) in [5.74, 6) is -0.0760. The van der Waals surface area contributed by atoms with Crippen molar-refractivity contribution in [3.63, 3.8) is 0 Å². The number of thiocarbonyl (C=S) groups is 1. The van der Waals surface area contributed by atoms with Crippen LogP contribution < -0.4 is 5.32 Å². The van der Waals surface area contributed by atoms with Gasteiger partial charge in [-0.2, -0.15) is 0 Å². The Balaban J connectivity index is 1.50. The van der Waals surface area contributed by atoms with Gasteiger partial charge in [-0.1, -0.05) is 12.8 Å². The quantitative estimate of drug-likeness (QED) is 0.836. The summed E-state index contributed by atoms with van der Waals surface area (Å²) in [5, 5.41) is 15.2. The Hall–Kier alpha value is -2.22. The van der Waals surface area contributed by atoms with Crippen molar-refractivity contribution in [3.8, 4) is 0 Å². The lowest BCUT2D eigenvalue weighted by Gasteiger charge is -2.31. The maximum absolute atomic E-state index is 12.9. The molecule has 0 unspecified atom stereocenters. The van der Waals surface area contributed by atoms with Crippen molar-refractivity contribution < 1.29 is 9.42 Å². The molecule has 1 saturated heterocycles. The van der Waals surface area contributed by atoms with Crippen molar-refractivity contribution in [3.05, 3.63) is 23.8 Å². The van der Waals surface area contributed by atoms with E-state index in [1.54, 1.807) is 23.2 Å². The molecule has 8 heteroatoms. The van der Waals surface area contributed by atoms with Crippen LogP contribution in [0.3, 0.4) is 0 Å². The van der Waals surface area contributed by atoms with Gasteiger partial charge in [0.25, 0.3) is 5.91 Å². The van der Waals surface area contributed by atoms with E-state index in [-0.39, 0.29) is 5.91 Å². The van der Waals surface area contributed by atoms with Gasteiger partial charge in [-0.3, -0.25) is 9.80 Å². The van der Waals surface area contributed by atoms with Crippen LogP contribution in [-0.2, 0) is 0 Å². The monoisotopic (exact) mass is 345 g/mol. The minimum Gasteiger partial charge on any atom is -0.358 e. The molecule has 2 aliphatic rings. The van der Waals surface area contributed by atoms with E-state index in [1.165, 1.54) is 12.8 Å². The standard InChI is InChI=1S/C16H19N5O2S/c22-15(11-6-7-13-14(10-11)19-23-18-13)20-8-3-9-21(20)16(24)17-12-4-1-2-5-12/h6-7,10,12H,1-5,8-9H2,(H,17,24). The number of nitrogens with one attached hydrogen (secondary N) is 1. The molecule has 0 atom stereocenters. The minimum atomic E-state index is -0.0760. The number of hydrogen-bond acceptors (Lipinski definition) is 5. The average molecular weight is 345 g/mol. The van der Waals surface area contributed by atoms with Crippen LogP contribution in [0.1, 0.15) is 42.5 Å². The number of rotatable bonds is 2. The zero-order valence-corrected chi connectivity index (χ0v) is 14.1. The molecule has 0 spiro atoms. The van der Waals surface area contributed by atoms with E-state index in [9.17, 15) is 4.79 Å². The van der Waals surface area contributed by atoms with Crippen molar-refractivity contribution in [2.75, 3.05) is 13.1 Å². The number of amides is 1. The summed E-state index contributed by atoms with van der Waals surface area (Å²) in [4.78, 5) is 12.9. The van der Waals surface area contributed by atoms with Crippen molar-refractivity contribution in [2.45, 2.75) is 38.1 Å². The summed E-state index contributed by atoms with van der Waals surface area (Å²) in [6.07, 6.45) is 5.70. The lowest BCUT2D eigenvalue weighted by molar-refractivity contribution is 0.0490. The van der Waals surface area contributed by atoms with Gasteiger partial charge in [0, 0.05) is 24.7 Å². The highest BCUT2D eigenvalue weighted by atomic mass is 32.1. The Bertz CT molecular complexity index is 771. The van der Waals surface area contributed by atoms with Crippen LogP contribution in [0, 0.1) is 0 Å². The lowest BCUT2D eigenvalue weighted by atomic mass is 10.2. The number of nitrogens with zero attached hydrogens (tertiary/aromatic N) is 4. The number of benzene rings is 1. The first-order valence-corrected chi connectivity index (χ1v) is 8.75. The summed E-state index contributed by atoms with van der Waals surface area (Å²) in [6.45, 7) is 1.43. The summed E-state index contributed by atoms with van der Waals surface area (Å²) < 4.78 is 4.69. The Morgan fingerprint density at radius 1 is 1.12 bits per heavy atom. The van der Waals surface area contributed by atoms with Crippen LogP contribution in [0.2, 0.25) is 0 Å². The molecule has 126 valence electrons. The molecule has 2 aromatic rings. The summed E-state index contributed by atoms with van der Waals surface area (Å²) in [5.41, 5.74) is 1.79. The van der Waals surface area contributed by atoms with Crippen molar-refractivity contribution in [1.29, 1.82) is 0 Å². The smallest absolute Gasteiger partial charge is 0.272 e. The lowest BCUT2D eigenvalue weighted by Crippen LogP contribution is -2.51. The van der Waals surface area contributed by atoms with E-state index in [0.717, 1.165) is 25.8 Å². The number of carbonyl (C=O) groups excluding carboxylic acids is 1. The molecule has 1 aromatic heterocycles. The second-order valence-corrected chi connectivity index (χ2v) is 6.69. The molecule has 4 rings (SSSR count). The van der Waals surface area contributed by atoms with Gasteiger partial charge in [-0.15, -0.1) is 0 Å². The number of fused-ring (bicyclic) bond motifs is 1. The van der Waals surface area contributed by atoms with Crippen molar-refractivity contribution in [2.24, 2.45) is 0 Å². The third kappa shape index (κ3) is 2.82. The van der Waals surface area contributed by atoms with Crippen LogP contribution in [0.5, 0.6) is 0 Å². The Morgan fingerprint density at radius 2 is 1.88 bits per heavy atom. The number of aromatic nitrogens is 2. The molecule has 0 radical (unpaired) electrons. The highest BCUT2D eigenvalue weighted by molar-refractivity contribution is 7.80. The van der Waals surface area contributed by atoms with Crippen LogP contribution in [0.15, 0.2) is 22.8 Å². The number of hydrazine groups is 1. The average Bonchev–Trinajstić information content (AvgIpc) is 3.33. The molecule has 1 aromatic carbocycles. The topological polar surface area (TPSA) is 74.5 Å². The zero-order chi connectivity index (χ0) is 16.5. The third-order valence-electron chi connectivity index (χ3n) is 4.68. The normalized spacial score (nSPS) is 18.5. The fourth-order valence-corrected chi connectivity index (χ4v) is 3.77. The molecule has 1 N–H and O–H groups in total. The van der Waals surface area contributed by atoms with E-state index < -0.39 is 0 Å².